The molecule has 0 amide bonds. The van der Waals surface area contributed by atoms with E-state index in [0.29, 0.717) is 12.1 Å². The normalized spacial score (nSPS) is 12.6. The van der Waals surface area contributed by atoms with E-state index >= 15 is 0 Å². The lowest BCUT2D eigenvalue weighted by atomic mass is 10.1. The van der Waals surface area contributed by atoms with Crippen LogP contribution in [0.25, 0.3) is 22.3 Å². The molecule has 1 aliphatic rings. The number of anilines is 1. The van der Waals surface area contributed by atoms with Gasteiger partial charge >= 0.3 is 0 Å². The van der Waals surface area contributed by atoms with Crippen molar-refractivity contribution < 1.29 is 0 Å². The van der Waals surface area contributed by atoms with Gasteiger partial charge in [0.2, 0.25) is 0 Å². The monoisotopic (exact) mass is 249 g/mol. The van der Waals surface area contributed by atoms with Gasteiger partial charge in [0.25, 0.3) is 5.56 Å². The van der Waals surface area contributed by atoms with Crippen molar-refractivity contribution >= 4 is 16.6 Å². The zero-order valence-electron chi connectivity index (χ0n) is 10.1. The summed E-state index contributed by atoms with van der Waals surface area (Å²) >= 11 is 0. The summed E-state index contributed by atoms with van der Waals surface area (Å²) < 4.78 is 1.69. The summed E-state index contributed by atoms with van der Waals surface area (Å²) in [5.41, 5.74) is 2.74. The molecule has 3 aromatic rings. The lowest BCUT2D eigenvalue weighted by Crippen LogP contribution is -2.29. The molecular weight excluding hydrogens is 238 g/mol. The molecule has 4 heteroatoms. The molecule has 1 aromatic heterocycles. The molecule has 1 aliphatic heterocycles. The van der Waals surface area contributed by atoms with Gasteiger partial charge in [-0.25, -0.2) is 4.98 Å². The van der Waals surface area contributed by atoms with Crippen LogP contribution in [0, 0.1) is 0 Å². The van der Waals surface area contributed by atoms with Gasteiger partial charge in [-0.15, -0.1) is 0 Å². The van der Waals surface area contributed by atoms with Gasteiger partial charge < -0.3 is 5.32 Å². The van der Waals surface area contributed by atoms with E-state index in [1.165, 1.54) is 0 Å². The molecule has 0 radical (unpaired) electrons. The summed E-state index contributed by atoms with van der Waals surface area (Å²) in [5.74, 6) is 0.734. The highest BCUT2D eigenvalue weighted by atomic mass is 16.1. The third-order valence-electron chi connectivity index (χ3n) is 3.46. The number of hydrogen-bond donors (Lipinski definition) is 1. The van der Waals surface area contributed by atoms with Crippen LogP contribution in [-0.4, -0.2) is 9.55 Å². The molecule has 4 rings (SSSR count). The Morgan fingerprint density at radius 1 is 1.05 bits per heavy atom. The Labute approximate surface area is 109 Å². The van der Waals surface area contributed by atoms with Gasteiger partial charge in [0.1, 0.15) is 5.82 Å². The minimum Gasteiger partial charge on any atom is -0.367 e. The van der Waals surface area contributed by atoms with Crippen LogP contribution in [0.4, 0.5) is 5.69 Å². The number of para-hydroxylation sites is 2. The number of aromatic nitrogens is 2. The summed E-state index contributed by atoms with van der Waals surface area (Å²) in [7, 11) is 0. The van der Waals surface area contributed by atoms with Crippen molar-refractivity contribution in [3.05, 3.63) is 58.9 Å². The second kappa shape index (κ2) is 3.68. The molecule has 0 unspecified atom stereocenters. The quantitative estimate of drug-likeness (QED) is 0.665. The van der Waals surface area contributed by atoms with Gasteiger partial charge in [0.05, 0.1) is 17.6 Å². The van der Waals surface area contributed by atoms with Gasteiger partial charge in [-0.05, 0) is 24.3 Å². The van der Waals surface area contributed by atoms with E-state index in [-0.39, 0.29) is 5.56 Å². The van der Waals surface area contributed by atoms with E-state index < -0.39 is 0 Å². The molecule has 0 saturated heterocycles. The standard InChI is InChI=1S/C15H11N3O/c19-15-11-6-2-4-8-13(11)17-14-10-5-1-3-7-12(10)16-9-18(14)15/h1-8,16H,9H2. The predicted octanol–water partition coefficient (Wildman–Crippen LogP) is 2.45. The van der Waals surface area contributed by atoms with Crippen molar-refractivity contribution in [3.63, 3.8) is 0 Å². The van der Waals surface area contributed by atoms with Crippen LogP contribution >= 0.6 is 0 Å². The molecule has 0 saturated carbocycles. The molecule has 92 valence electrons. The number of hydrogen-bond acceptors (Lipinski definition) is 3. The molecular formula is C15H11N3O. The third-order valence-corrected chi connectivity index (χ3v) is 3.46. The van der Waals surface area contributed by atoms with Crippen LogP contribution in [0.5, 0.6) is 0 Å². The van der Waals surface area contributed by atoms with Gasteiger partial charge in [0, 0.05) is 11.3 Å². The largest absolute Gasteiger partial charge is 0.367 e. The van der Waals surface area contributed by atoms with Crippen LogP contribution in [0.3, 0.4) is 0 Å². The zero-order valence-corrected chi connectivity index (χ0v) is 10.1. The second-order valence-electron chi connectivity index (χ2n) is 4.57. The smallest absolute Gasteiger partial charge is 0.263 e. The molecule has 0 atom stereocenters. The highest BCUT2D eigenvalue weighted by molar-refractivity contribution is 5.83. The zero-order chi connectivity index (χ0) is 12.8. The highest BCUT2D eigenvalue weighted by Crippen LogP contribution is 2.29. The predicted molar refractivity (Wildman–Crippen MR) is 75.1 cm³/mol. The molecule has 0 spiro atoms. The van der Waals surface area contributed by atoms with E-state index in [0.717, 1.165) is 22.6 Å². The topological polar surface area (TPSA) is 46.9 Å². The minimum atomic E-state index is 0.00241. The number of nitrogens with one attached hydrogen (secondary N) is 1. The van der Waals surface area contributed by atoms with E-state index in [1.54, 1.807) is 4.57 Å². The van der Waals surface area contributed by atoms with E-state index in [9.17, 15) is 4.79 Å². The summed E-state index contributed by atoms with van der Waals surface area (Å²) in [6.45, 7) is 0.461. The molecule has 0 bridgehead atoms. The summed E-state index contributed by atoms with van der Waals surface area (Å²) in [5, 5.41) is 3.91. The number of nitrogens with zero attached hydrogens (tertiary/aromatic N) is 2. The van der Waals surface area contributed by atoms with Gasteiger partial charge in [-0.2, -0.15) is 0 Å². The first-order valence-electron chi connectivity index (χ1n) is 6.17. The SMILES string of the molecule is O=c1c2ccccc2nc2n1CNc1ccccc1-2. The van der Waals surface area contributed by atoms with Crippen LogP contribution < -0.4 is 10.9 Å². The molecule has 0 fully saturated rings. The van der Waals surface area contributed by atoms with Crippen LogP contribution in [0.1, 0.15) is 0 Å². The number of benzene rings is 2. The van der Waals surface area contributed by atoms with Crippen molar-refractivity contribution in [2.24, 2.45) is 0 Å². The lowest BCUT2D eigenvalue weighted by molar-refractivity contribution is 0.726. The van der Waals surface area contributed by atoms with Crippen LogP contribution in [0.15, 0.2) is 53.3 Å². The van der Waals surface area contributed by atoms with Crippen LogP contribution in [0.2, 0.25) is 0 Å². The molecule has 0 aliphatic carbocycles. The molecule has 2 heterocycles. The fraction of sp³-hybridized carbons (Fsp3) is 0.0667. The fourth-order valence-corrected chi connectivity index (χ4v) is 2.52. The maximum atomic E-state index is 12.5. The molecule has 1 N–H and O–H groups in total. The van der Waals surface area contributed by atoms with Crippen molar-refractivity contribution in [1.82, 2.24) is 9.55 Å². The minimum absolute atomic E-state index is 0.00241. The summed E-state index contributed by atoms with van der Waals surface area (Å²) in [4.78, 5) is 17.1. The van der Waals surface area contributed by atoms with Gasteiger partial charge in [0.15, 0.2) is 0 Å². The fourth-order valence-electron chi connectivity index (χ4n) is 2.52. The maximum absolute atomic E-state index is 12.5. The van der Waals surface area contributed by atoms with Gasteiger partial charge in [-0.3, -0.25) is 9.36 Å². The number of rotatable bonds is 0. The average molecular weight is 249 g/mol. The summed E-state index contributed by atoms with van der Waals surface area (Å²) in [6.07, 6.45) is 0. The molecule has 19 heavy (non-hydrogen) atoms. The first kappa shape index (κ1) is 10.3. The Bertz CT molecular complexity index is 851. The highest BCUT2D eigenvalue weighted by Gasteiger charge is 2.18. The molecule has 2 aromatic carbocycles. The third kappa shape index (κ3) is 1.40. The Kier molecular flexibility index (Phi) is 2.00. The Morgan fingerprint density at radius 2 is 1.84 bits per heavy atom. The Hall–Kier alpha value is -2.62. The van der Waals surface area contributed by atoms with Crippen molar-refractivity contribution in [3.8, 4) is 11.4 Å². The van der Waals surface area contributed by atoms with E-state index in [1.807, 2.05) is 48.5 Å². The van der Waals surface area contributed by atoms with Crippen molar-refractivity contribution in [1.29, 1.82) is 0 Å². The van der Waals surface area contributed by atoms with Gasteiger partial charge in [-0.1, -0.05) is 24.3 Å². The Morgan fingerprint density at radius 3 is 2.79 bits per heavy atom. The summed E-state index contributed by atoms with van der Waals surface area (Å²) in [6, 6.07) is 15.4. The lowest BCUT2D eigenvalue weighted by Gasteiger charge is -2.22. The first-order valence-corrected chi connectivity index (χ1v) is 6.17. The van der Waals surface area contributed by atoms with E-state index in [2.05, 4.69) is 10.3 Å². The first-order chi connectivity index (χ1) is 9.34. The average Bonchev–Trinajstić information content (AvgIpc) is 2.47. The van der Waals surface area contributed by atoms with E-state index in [4.69, 9.17) is 0 Å². The number of fused-ring (bicyclic) bond motifs is 4. The molecule has 4 nitrogen and oxygen atoms in total. The second-order valence-corrected chi connectivity index (χ2v) is 4.57. The van der Waals surface area contributed by atoms with Crippen molar-refractivity contribution in [2.75, 3.05) is 5.32 Å². The van der Waals surface area contributed by atoms with Crippen LogP contribution in [-0.2, 0) is 6.67 Å². The van der Waals surface area contributed by atoms with Crippen molar-refractivity contribution in [2.45, 2.75) is 6.67 Å². The maximum Gasteiger partial charge on any atom is 0.263 e. The Balaban J connectivity index is 2.15.